The highest BCUT2D eigenvalue weighted by atomic mass is 16.3. The first-order chi connectivity index (χ1) is 11.9. The third-order valence-electron chi connectivity index (χ3n) is 4.29. The second-order valence-electron chi connectivity index (χ2n) is 6.39. The van der Waals surface area contributed by atoms with E-state index in [1.165, 1.54) is 5.56 Å². The number of Topliss-reactive ketones (excluding diaryl/α,β-unsaturated/α-hetero) is 1. The van der Waals surface area contributed by atoms with Gasteiger partial charge in [-0.15, -0.1) is 0 Å². The zero-order valence-electron chi connectivity index (χ0n) is 14.8. The SMILES string of the molecule is CCc1ccc(C(=O)CCC(=O)NCC(C)(O)c2ccccc2)cc1. The van der Waals surface area contributed by atoms with Crippen LogP contribution in [0.2, 0.25) is 0 Å². The van der Waals surface area contributed by atoms with Crippen molar-refractivity contribution in [3.05, 3.63) is 71.3 Å². The van der Waals surface area contributed by atoms with Crippen LogP contribution in [0.1, 0.15) is 48.2 Å². The lowest BCUT2D eigenvalue weighted by atomic mass is 9.96. The zero-order chi connectivity index (χ0) is 18.3. The summed E-state index contributed by atoms with van der Waals surface area (Å²) < 4.78 is 0. The molecule has 2 aromatic carbocycles. The fraction of sp³-hybridized carbons (Fsp3) is 0.333. The lowest BCUT2D eigenvalue weighted by Gasteiger charge is -2.24. The van der Waals surface area contributed by atoms with Crippen molar-refractivity contribution < 1.29 is 14.7 Å². The van der Waals surface area contributed by atoms with Crippen LogP contribution in [0, 0.1) is 0 Å². The molecule has 2 N–H and O–H groups in total. The number of carbonyl (C=O) groups excluding carboxylic acids is 2. The maximum Gasteiger partial charge on any atom is 0.220 e. The van der Waals surface area contributed by atoms with Crippen molar-refractivity contribution in [3.63, 3.8) is 0 Å². The first kappa shape index (κ1) is 18.9. The maximum absolute atomic E-state index is 12.1. The first-order valence-electron chi connectivity index (χ1n) is 8.59. The van der Waals surface area contributed by atoms with Crippen molar-refractivity contribution in [2.75, 3.05) is 6.54 Å². The van der Waals surface area contributed by atoms with Gasteiger partial charge in [-0.1, -0.05) is 61.5 Å². The lowest BCUT2D eigenvalue weighted by molar-refractivity contribution is -0.122. The Kier molecular flexibility index (Phi) is 6.48. The minimum Gasteiger partial charge on any atom is -0.384 e. The summed E-state index contributed by atoms with van der Waals surface area (Å²) in [4.78, 5) is 24.1. The van der Waals surface area contributed by atoms with Crippen molar-refractivity contribution in [2.24, 2.45) is 0 Å². The van der Waals surface area contributed by atoms with Gasteiger partial charge in [0.2, 0.25) is 5.91 Å². The van der Waals surface area contributed by atoms with Gasteiger partial charge in [0.15, 0.2) is 5.78 Å². The summed E-state index contributed by atoms with van der Waals surface area (Å²) in [6.07, 6.45) is 1.20. The van der Waals surface area contributed by atoms with Crippen LogP contribution >= 0.6 is 0 Å². The van der Waals surface area contributed by atoms with Gasteiger partial charge in [0.25, 0.3) is 0 Å². The number of benzene rings is 2. The summed E-state index contributed by atoms with van der Waals surface area (Å²) in [5, 5.41) is 13.2. The monoisotopic (exact) mass is 339 g/mol. The van der Waals surface area contributed by atoms with Gasteiger partial charge in [-0.2, -0.15) is 0 Å². The van der Waals surface area contributed by atoms with E-state index < -0.39 is 5.60 Å². The molecule has 0 radical (unpaired) electrons. The quantitative estimate of drug-likeness (QED) is 0.726. The van der Waals surface area contributed by atoms with Crippen LogP contribution in [0.15, 0.2) is 54.6 Å². The topological polar surface area (TPSA) is 66.4 Å². The molecule has 0 aliphatic heterocycles. The summed E-state index contributed by atoms with van der Waals surface area (Å²) in [6.45, 7) is 3.82. The molecular formula is C21H25NO3. The average molecular weight is 339 g/mol. The van der Waals surface area contributed by atoms with Gasteiger partial charge >= 0.3 is 0 Å². The maximum atomic E-state index is 12.1. The fourth-order valence-corrected chi connectivity index (χ4v) is 2.56. The molecule has 2 rings (SSSR count). The van der Waals surface area contributed by atoms with Crippen molar-refractivity contribution in [1.29, 1.82) is 0 Å². The molecule has 2 aromatic rings. The number of hydrogen-bond acceptors (Lipinski definition) is 3. The van der Waals surface area contributed by atoms with E-state index in [-0.39, 0.29) is 31.1 Å². The Balaban J connectivity index is 1.81. The molecule has 0 heterocycles. The number of aryl methyl sites for hydroxylation is 1. The van der Waals surface area contributed by atoms with Gasteiger partial charge in [-0.05, 0) is 24.5 Å². The third kappa shape index (κ3) is 5.54. The van der Waals surface area contributed by atoms with Gasteiger partial charge in [-0.3, -0.25) is 9.59 Å². The van der Waals surface area contributed by atoms with E-state index in [0.717, 1.165) is 12.0 Å². The molecular weight excluding hydrogens is 314 g/mol. The molecule has 25 heavy (non-hydrogen) atoms. The van der Waals surface area contributed by atoms with Gasteiger partial charge < -0.3 is 10.4 Å². The highest BCUT2D eigenvalue weighted by Gasteiger charge is 2.23. The van der Waals surface area contributed by atoms with Crippen molar-refractivity contribution in [2.45, 2.75) is 38.7 Å². The number of hydrogen-bond donors (Lipinski definition) is 2. The van der Waals surface area contributed by atoms with E-state index >= 15 is 0 Å². The number of rotatable bonds is 8. The molecule has 0 bridgehead atoms. The van der Waals surface area contributed by atoms with Crippen LogP contribution in [-0.2, 0) is 16.8 Å². The molecule has 0 aliphatic rings. The Morgan fingerprint density at radius 3 is 2.24 bits per heavy atom. The molecule has 0 saturated carbocycles. The number of amides is 1. The van der Waals surface area contributed by atoms with Gasteiger partial charge in [0, 0.05) is 18.4 Å². The van der Waals surface area contributed by atoms with Crippen LogP contribution in [-0.4, -0.2) is 23.3 Å². The Hall–Kier alpha value is -2.46. The predicted molar refractivity (Wildman–Crippen MR) is 98.4 cm³/mol. The van der Waals surface area contributed by atoms with Crippen LogP contribution in [0.4, 0.5) is 0 Å². The van der Waals surface area contributed by atoms with Crippen LogP contribution < -0.4 is 5.32 Å². The number of ketones is 1. The summed E-state index contributed by atoms with van der Waals surface area (Å²) in [5.74, 6) is -0.289. The fourth-order valence-electron chi connectivity index (χ4n) is 2.56. The standard InChI is InChI=1S/C21H25NO3/c1-3-16-9-11-17(12-10-16)19(23)13-14-20(24)22-15-21(2,25)18-7-5-4-6-8-18/h4-12,25H,3,13-15H2,1-2H3,(H,22,24). The predicted octanol–water partition coefficient (Wildman–Crippen LogP) is 3.24. The van der Waals surface area contributed by atoms with E-state index in [2.05, 4.69) is 12.2 Å². The van der Waals surface area contributed by atoms with Crippen molar-refractivity contribution in [1.82, 2.24) is 5.32 Å². The Bertz CT molecular complexity index is 706. The van der Waals surface area contributed by atoms with Gasteiger partial charge in [0.05, 0.1) is 6.54 Å². The minimum absolute atomic E-state index is 0.0485. The largest absolute Gasteiger partial charge is 0.384 e. The number of aliphatic hydroxyl groups is 1. The molecule has 1 atom stereocenters. The molecule has 0 spiro atoms. The van der Waals surface area contributed by atoms with Crippen molar-refractivity contribution in [3.8, 4) is 0 Å². The number of nitrogens with one attached hydrogen (secondary N) is 1. The lowest BCUT2D eigenvalue weighted by Crippen LogP contribution is -2.38. The van der Waals surface area contributed by atoms with Crippen LogP contribution in [0.3, 0.4) is 0 Å². The highest BCUT2D eigenvalue weighted by molar-refractivity contribution is 5.97. The molecule has 1 unspecified atom stereocenters. The summed E-state index contributed by atoms with van der Waals surface area (Å²) >= 11 is 0. The average Bonchev–Trinajstić information content (AvgIpc) is 2.65. The Morgan fingerprint density at radius 1 is 1.00 bits per heavy atom. The summed E-state index contributed by atoms with van der Waals surface area (Å²) in [6, 6.07) is 16.7. The van der Waals surface area contributed by atoms with E-state index in [9.17, 15) is 14.7 Å². The highest BCUT2D eigenvalue weighted by Crippen LogP contribution is 2.19. The van der Waals surface area contributed by atoms with E-state index in [4.69, 9.17) is 0 Å². The van der Waals surface area contributed by atoms with Gasteiger partial charge in [0.1, 0.15) is 5.60 Å². The van der Waals surface area contributed by atoms with Crippen molar-refractivity contribution >= 4 is 11.7 Å². The summed E-state index contributed by atoms with van der Waals surface area (Å²) in [5.41, 5.74) is 1.40. The second-order valence-corrected chi connectivity index (χ2v) is 6.39. The van der Waals surface area contributed by atoms with Crippen LogP contribution in [0.25, 0.3) is 0 Å². The van der Waals surface area contributed by atoms with Crippen LogP contribution in [0.5, 0.6) is 0 Å². The Morgan fingerprint density at radius 2 is 1.64 bits per heavy atom. The summed E-state index contributed by atoms with van der Waals surface area (Å²) in [7, 11) is 0. The molecule has 4 heteroatoms. The Labute approximate surface area is 148 Å². The molecule has 132 valence electrons. The second kappa shape index (κ2) is 8.58. The smallest absolute Gasteiger partial charge is 0.220 e. The first-order valence-corrected chi connectivity index (χ1v) is 8.59. The van der Waals surface area contributed by atoms with E-state index in [0.29, 0.717) is 5.56 Å². The normalized spacial score (nSPS) is 13.1. The molecule has 0 aliphatic carbocycles. The zero-order valence-corrected chi connectivity index (χ0v) is 14.8. The molecule has 1 amide bonds. The number of carbonyl (C=O) groups is 2. The molecule has 0 saturated heterocycles. The minimum atomic E-state index is -1.14. The third-order valence-corrected chi connectivity index (χ3v) is 4.29. The molecule has 0 aromatic heterocycles. The van der Waals surface area contributed by atoms with E-state index in [1.807, 2.05) is 42.5 Å². The van der Waals surface area contributed by atoms with E-state index in [1.54, 1.807) is 19.1 Å². The van der Waals surface area contributed by atoms with Gasteiger partial charge in [-0.25, -0.2) is 0 Å². The molecule has 0 fully saturated rings. The molecule has 4 nitrogen and oxygen atoms in total.